The number of hydrogen-bond acceptors (Lipinski definition) is 6. The van der Waals surface area contributed by atoms with Crippen LogP contribution in [-0.2, 0) is 4.74 Å². The van der Waals surface area contributed by atoms with Crippen LogP contribution in [0.1, 0.15) is 44.0 Å². The van der Waals surface area contributed by atoms with Crippen LogP contribution in [0.25, 0.3) is 0 Å². The number of nitrogens with one attached hydrogen (secondary N) is 1. The molecular weight excluding hydrogens is 492 g/mol. The molecule has 2 atom stereocenters. The Bertz CT molecular complexity index is 844. The topological polar surface area (TPSA) is 97.3 Å². The Labute approximate surface area is 195 Å². The fourth-order valence-electron chi connectivity index (χ4n) is 3.46. The number of ether oxygens (including phenoxy) is 3. The number of benzene rings is 1. The molecule has 2 heterocycles. The van der Waals surface area contributed by atoms with Gasteiger partial charge in [0.25, 0.3) is 5.91 Å². The van der Waals surface area contributed by atoms with E-state index in [1.165, 1.54) is 11.0 Å². The van der Waals surface area contributed by atoms with Crippen LogP contribution in [0.15, 0.2) is 10.5 Å². The third kappa shape index (κ3) is 5.96. The first-order valence-electron chi connectivity index (χ1n) is 10.3. The highest BCUT2D eigenvalue weighted by Crippen LogP contribution is 2.44. The third-order valence-corrected chi connectivity index (χ3v) is 6.37. The Morgan fingerprint density at radius 1 is 1.32 bits per heavy atom. The van der Waals surface area contributed by atoms with E-state index in [1.54, 1.807) is 20.8 Å². The van der Waals surface area contributed by atoms with Gasteiger partial charge in [-0.25, -0.2) is 4.79 Å². The van der Waals surface area contributed by atoms with E-state index >= 15 is 0 Å². The number of hydrogen-bond donors (Lipinski definition) is 2. The van der Waals surface area contributed by atoms with Crippen molar-refractivity contribution < 1.29 is 28.9 Å². The van der Waals surface area contributed by atoms with Crippen LogP contribution in [-0.4, -0.2) is 66.6 Å². The number of rotatable bonds is 3. The minimum Gasteiger partial charge on any atom is -0.489 e. The number of carbonyl (C=O) groups excluding carboxylic acids is 2. The molecule has 2 aliphatic heterocycles. The Balaban J connectivity index is 1.62. The summed E-state index contributed by atoms with van der Waals surface area (Å²) < 4.78 is 17.4. The molecule has 0 unspecified atom stereocenters. The van der Waals surface area contributed by atoms with Crippen LogP contribution in [0.5, 0.6) is 11.5 Å². The number of likely N-dealkylation sites (tertiary alicyclic amines) is 1. The maximum absolute atomic E-state index is 12.9. The molecular formula is C21H28BrClN2O6. The highest BCUT2D eigenvalue weighted by Gasteiger charge is 2.33. The first-order valence-corrected chi connectivity index (χ1v) is 11.5. The second kappa shape index (κ2) is 9.83. The fraction of sp³-hybridized carbons (Fsp3) is 0.619. The van der Waals surface area contributed by atoms with Gasteiger partial charge < -0.3 is 29.5 Å². The van der Waals surface area contributed by atoms with E-state index < -0.39 is 17.8 Å². The molecule has 8 nitrogen and oxygen atoms in total. The Morgan fingerprint density at radius 3 is 2.65 bits per heavy atom. The number of carbonyl (C=O) groups is 2. The second-order valence-electron chi connectivity index (χ2n) is 8.68. The molecule has 3 rings (SSSR count). The van der Waals surface area contributed by atoms with Crippen LogP contribution in [0.2, 0.25) is 5.02 Å². The van der Waals surface area contributed by atoms with E-state index in [1.807, 2.05) is 0 Å². The smallest absolute Gasteiger partial charge is 0.410 e. The van der Waals surface area contributed by atoms with Gasteiger partial charge in [-0.1, -0.05) is 11.6 Å². The summed E-state index contributed by atoms with van der Waals surface area (Å²) in [6.07, 6.45) is 0.0204. The summed E-state index contributed by atoms with van der Waals surface area (Å²) in [4.78, 5) is 26.6. The molecule has 1 saturated heterocycles. The predicted molar refractivity (Wildman–Crippen MR) is 119 cm³/mol. The van der Waals surface area contributed by atoms with E-state index in [4.69, 9.17) is 25.8 Å². The lowest BCUT2D eigenvalue weighted by Crippen LogP contribution is -2.50. The summed E-state index contributed by atoms with van der Waals surface area (Å²) in [6.45, 7) is 7.16. The Kier molecular flexibility index (Phi) is 7.59. The fourth-order valence-corrected chi connectivity index (χ4v) is 4.07. The zero-order valence-electron chi connectivity index (χ0n) is 17.9. The van der Waals surface area contributed by atoms with Crippen molar-refractivity contribution in [3.63, 3.8) is 0 Å². The molecule has 31 heavy (non-hydrogen) atoms. The van der Waals surface area contributed by atoms with Crippen LogP contribution < -0.4 is 14.8 Å². The number of nitrogens with zero attached hydrogens (tertiary/aromatic N) is 1. The normalized spacial score (nSPS) is 21.3. The molecule has 2 N–H and O–H groups in total. The average Bonchev–Trinajstić information content (AvgIpc) is 2.94. The van der Waals surface area contributed by atoms with Gasteiger partial charge in [0.2, 0.25) is 0 Å². The standard InChI is InChI=1S/C21H28BrClN2O6/c1-21(2,3)31-20(28)25-6-5-12(15(26)11-25)10-24-19(27)13-9-14(23)16(22)18-17(13)29-7-4-8-30-18/h9,12,15,26H,4-8,10-11H2,1-3H3,(H,24,27)/t12-,15+/m0/s1. The number of aliphatic hydroxyl groups excluding tert-OH is 1. The van der Waals surface area contributed by atoms with Gasteiger partial charge in [0.1, 0.15) is 5.60 Å². The second-order valence-corrected chi connectivity index (χ2v) is 9.88. The maximum Gasteiger partial charge on any atom is 0.410 e. The third-order valence-electron chi connectivity index (χ3n) is 5.05. The highest BCUT2D eigenvalue weighted by molar-refractivity contribution is 9.10. The lowest BCUT2D eigenvalue weighted by molar-refractivity contribution is -0.0122. The van der Waals surface area contributed by atoms with Gasteiger partial charge in [-0.2, -0.15) is 0 Å². The van der Waals surface area contributed by atoms with Gasteiger partial charge in [0, 0.05) is 25.4 Å². The summed E-state index contributed by atoms with van der Waals surface area (Å²) in [5.74, 6) is 0.217. The molecule has 0 radical (unpaired) electrons. The minimum absolute atomic E-state index is 0.159. The van der Waals surface area contributed by atoms with E-state index in [0.717, 1.165) is 0 Å². The molecule has 172 valence electrons. The lowest BCUT2D eigenvalue weighted by Gasteiger charge is -2.36. The summed E-state index contributed by atoms with van der Waals surface area (Å²) >= 11 is 9.64. The van der Waals surface area contributed by atoms with Gasteiger partial charge in [-0.05, 0) is 49.2 Å². The van der Waals surface area contributed by atoms with Gasteiger partial charge in [0.05, 0.1) is 40.9 Å². The molecule has 1 aromatic rings. The van der Waals surface area contributed by atoms with Crippen molar-refractivity contribution >= 4 is 39.5 Å². The number of halogens is 2. The van der Waals surface area contributed by atoms with E-state index in [2.05, 4.69) is 21.2 Å². The first-order chi connectivity index (χ1) is 14.6. The monoisotopic (exact) mass is 518 g/mol. The van der Waals surface area contributed by atoms with Gasteiger partial charge in [0.15, 0.2) is 11.5 Å². The molecule has 0 saturated carbocycles. The van der Waals surface area contributed by atoms with E-state index in [-0.39, 0.29) is 30.5 Å². The number of amides is 2. The highest BCUT2D eigenvalue weighted by atomic mass is 79.9. The SMILES string of the molecule is CC(C)(C)OC(=O)N1CC[C@@H](CNC(=O)c2cc(Cl)c(Br)c3c2OCCCO3)[C@H](O)C1. The van der Waals surface area contributed by atoms with Crippen molar-refractivity contribution in [3.8, 4) is 11.5 Å². The minimum atomic E-state index is -0.772. The van der Waals surface area contributed by atoms with Crippen molar-refractivity contribution in [1.82, 2.24) is 10.2 Å². The van der Waals surface area contributed by atoms with Crippen LogP contribution in [0.3, 0.4) is 0 Å². The molecule has 0 aliphatic carbocycles. The molecule has 2 amide bonds. The molecule has 0 bridgehead atoms. The van der Waals surface area contributed by atoms with Gasteiger partial charge >= 0.3 is 6.09 Å². The number of β-amino-alcohol motifs (C(OH)–C–C–N with tert-alkyl or cyclic N) is 1. The Hall–Kier alpha value is -1.71. The summed E-state index contributed by atoms with van der Waals surface area (Å²) in [6, 6.07) is 1.54. The molecule has 1 fully saturated rings. The molecule has 0 spiro atoms. The van der Waals surface area contributed by atoms with Crippen molar-refractivity contribution in [2.45, 2.75) is 45.3 Å². The summed E-state index contributed by atoms with van der Waals surface area (Å²) in [7, 11) is 0. The van der Waals surface area contributed by atoms with Crippen LogP contribution in [0.4, 0.5) is 4.79 Å². The zero-order chi connectivity index (χ0) is 22.8. The van der Waals surface area contributed by atoms with Crippen LogP contribution in [0, 0.1) is 5.92 Å². The van der Waals surface area contributed by atoms with Crippen molar-refractivity contribution in [2.75, 3.05) is 32.8 Å². The number of aliphatic hydroxyl groups is 1. The van der Waals surface area contributed by atoms with Crippen molar-refractivity contribution in [1.29, 1.82) is 0 Å². The number of fused-ring (bicyclic) bond motifs is 1. The van der Waals surface area contributed by atoms with Crippen LogP contribution >= 0.6 is 27.5 Å². The summed E-state index contributed by atoms with van der Waals surface area (Å²) in [5.41, 5.74) is -0.311. The average molecular weight is 520 g/mol. The molecule has 2 aliphatic rings. The first kappa shape index (κ1) is 23.9. The largest absolute Gasteiger partial charge is 0.489 e. The van der Waals surface area contributed by atoms with E-state index in [0.29, 0.717) is 53.6 Å². The molecule has 0 aromatic heterocycles. The van der Waals surface area contributed by atoms with Gasteiger partial charge in [-0.15, -0.1) is 0 Å². The summed E-state index contributed by atoms with van der Waals surface area (Å²) in [5, 5.41) is 13.7. The maximum atomic E-state index is 12.9. The number of piperidine rings is 1. The van der Waals surface area contributed by atoms with Crippen molar-refractivity contribution in [2.24, 2.45) is 5.92 Å². The van der Waals surface area contributed by atoms with Crippen molar-refractivity contribution in [3.05, 3.63) is 21.1 Å². The lowest BCUT2D eigenvalue weighted by atomic mass is 9.94. The molecule has 1 aromatic carbocycles. The van der Waals surface area contributed by atoms with Gasteiger partial charge in [-0.3, -0.25) is 4.79 Å². The Morgan fingerprint density at radius 2 is 2.00 bits per heavy atom. The zero-order valence-corrected chi connectivity index (χ0v) is 20.2. The predicted octanol–water partition coefficient (Wildman–Crippen LogP) is 3.61. The van der Waals surface area contributed by atoms with E-state index in [9.17, 15) is 14.7 Å². The quantitative estimate of drug-likeness (QED) is 0.633. The molecule has 10 heteroatoms.